The third-order valence-corrected chi connectivity index (χ3v) is 7.48. The molecule has 2 atom stereocenters. The Labute approximate surface area is 209 Å². The number of amides is 1. The van der Waals surface area contributed by atoms with Gasteiger partial charge < -0.3 is 9.64 Å². The molecule has 1 aliphatic heterocycles. The number of likely N-dealkylation sites (tertiary alicyclic amines) is 1. The van der Waals surface area contributed by atoms with Gasteiger partial charge in [0.2, 0.25) is 5.91 Å². The number of thioether (sulfide) groups is 1. The summed E-state index contributed by atoms with van der Waals surface area (Å²) < 4.78 is 6.48. The Morgan fingerprint density at radius 3 is 2.69 bits per heavy atom. The van der Waals surface area contributed by atoms with Gasteiger partial charge in [-0.05, 0) is 55.9 Å². The van der Waals surface area contributed by atoms with Crippen LogP contribution >= 0.6 is 11.8 Å². The first-order valence-corrected chi connectivity index (χ1v) is 12.9. The Bertz CT molecular complexity index is 1270. The Kier molecular flexibility index (Phi) is 7.90. The molecule has 4 rings (SSSR count). The van der Waals surface area contributed by atoms with Gasteiger partial charge in [-0.25, -0.2) is 9.78 Å². The number of carbonyl (C=O) groups is 2. The monoisotopic (exact) mass is 493 g/mol. The second-order valence-corrected chi connectivity index (χ2v) is 10.4. The van der Waals surface area contributed by atoms with Gasteiger partial charge in [0.15, 0.2) is 5.16 Å². The van der Waals surface area contributed by atoms with Crippen molar-refractivity contribution in [3.05, 3.63) is 70.0 Å². The van der Waals surface area contributed by atoms with E-state index >= 15 is 0 Å². The number of piperidine rings is 1. The number of benzene rings is 2. The zero-order chi connectivity index (χ0) is 24.9. The van der Waals surface area contributed by atoms with Gasteiger partial charge in [0.1, 0.15) is 0 Å². The van der Waals surface area contributed by atoms with Crippen LogP contribution in [-0.2, 0) is 22.5 Å². The molecule has 7 nitrogen and oxygen atoms in total. The molecule has 0 saturated carbocycles. The van der Waals surface area contributed by atoms with E-state index in [0.29, 0.717) is 40.5 Å². The molecule has 1 amide bonds. The van der Waals surface area contributed by atoms with Crippen molar-refractivity contribution in [2.24, 2.45) is 5.92 Å². The standard InChI is InChI=1S/C27H31N3O4S/c1-18-8-7-14-29(17-18)24(31)19(2)35-27-28-23-16-21(26(33)34-3)11-12-22(23)25(32)30(27)15-13-20-9-5-4-6-10-20/h4-6,9-12,16,18-19H,7-8,13-15,17H2,1-3H3/t18-,19+/m1/s1. The summed E-state index contributed by atoms with van der Waals surface area (Å²) in [5.74, 6) is 0.0669. The van der Waals surface area contributed by atoms with Crippen molar-refractivity contribution in [2.45, 2.75) is 50.1 Å². The normalized spacial score (nSPS) is 16.8. The highest BCUT2D eigenvalue weighted by Crippen LogP contribution is 2.26. The van der Waals surface area contributed by atoms with Crippen molar-refractivity contribution in [1.82, 2.24) is 14.5 Å². The van der Waals surface area contributed by atoms with Crippen LogP contribution in [0.2, 0.25) is 0 Å². The van der Waals surface area contributed by atoms with E-state index in [4.69, 9.17) is 9.72 Å². The Hall–Kier alpha value is -3.13. The third-order valence-electron chi connectivity index (χ3n) is 6.41. The number of esters is 1. The number of nitrogens with zero attached hydrogens (tertiary/aromatic N) is 3. The maximum Gasteiger partial charge on any atom is 0.337 e. The number of carbonyl (C=O) groups excluding carboxylic acids is 2. The van der Waals surface area contributed by atoms with E-state index in [-0.39, 0.29) is 11.5 Å². The number of fused-ring (bicyclic) bond motifs is 1. The number of ether oxygens (including phenoxy) is 1. The van der Waals surface area contributed by atoms with E-state index < -0.39 is 11.2 Å². The van der Waals surface area contributed by atoms with Crippen molar-refractivity contribution in [3.63, 3.8) is 0 Å². The second-order valence-electron chi connectivity index (χ2n) is 9.10. The van der Waals surface area contributed by atoms with E-state index in [0.717, 1.165) is 31.5 Å². The van der Waals surface area contributed by atoms with Gasteiger partial charge in [-0.3, -0.25) is 14.2 Å². The van der Waals surface area contributed by atoms with Crippen molar-refractivity contribution in [2.75, 3.05) is 20.2 Å². The molecule has 1 aliphatic rings. The molecule has 0 bridgehead atoms. The molecule has 3 aromatic rings. The fourth-order valence-corrected chi connectivity index (χ4v) is 5.49. The molecular weight excluding hydrogens is 462 g/mol. The van der Waals surface area contributed by atoms with Crippen LogP contribution in [0.4, 0.5) is 0 Å². The number of rotatable bonds is 7. The zero-order valence-corrected chi connectivity index (χ0v) is 21.2. The van der Waals surface area contributed by atoms with E-state index in [1.165, 1.54) is 18.9 Å². The number of hydrogen-bond donors (Lipinski definition) is 0. The van der Waals surface area contributed by atoms with Gasteiger partial charge in [0, 0.05) is 19.6 Å². The predicted molar refractivity (Wildman–Crippen MR) is 138 cm³/mol. The number of methoxy groups -OCH3 is 1. The van der Waals surface area contributed by atoms with Crippen LogP contribution in [0, 0.1) is 5.92 Å². The summed E-state index contributed by atoms with van der Waals surface area (Å²) in [6.45, 7) is 6.01. The molecule has 0 N–H and O–H groups in total. The summed E-state index contributed by atoms with van der Waals surface area (Å²) in [6, 6.07) is 14.7. The van der Waals surface area contributed by atoms with Crippen molar-refractivity contribution >= 4 is 34.5 Å². The Morgan fingerprint density at radius 2 is 1.97 bits per heavy atom. The van der Waals surface area contributed by atoms with Gasteiger partial charge in [0.25, 0.3) is 5.56 Å². The summed E-state index contributed by atoms with van der Waals surface area (Å²) in [5.41, 5.74) is 1.68. The molecule has 1 saturated heterocycles. The lowest BCUT2D eigenvalue weighted by Gasteiger charge is -2.32. The van der Waals surface area contributed by atoms with E-state index in [9.17, 15) is 14.4 Å². The number of hydrogen-bond acceptors (Lipinski definition) is 6. The molecule has 0 aliphatic carbocycles. The molecule has 35 heavy (non-hydrogen) atoms. The third kappa shape index (κ3) is 5.75. The highest BCUT2D eigenvalue weighted by atomic mass is 32.2. The van der Waals surface area contributed by atoms with Crippen LogP contribution in [0.3, 0.4) is 0 Å². The second kappa shape index (κ2) is 11.1. The maximum atomic E-state index is 13.5. The van der Waals surface area contributed by atoms with Crippen LogP contribution in [0.15, 0.2) is 58.5 Å². The molecule has 8 heteroatoms. The maximum absolute atomic E-state index is 13.5. The first-order chi connectivity index (χ1) is 16.9. The minimum absolute atomic E-state index is 0.0637. The molecule has 0 spiro atoms. The fourth-order valence-electron chi connectivity index (χ4n) is 4.47. The van der Waals surface area contributed by atoms with Gasteiger partial charge >= 0.3 is 5.97 Å². The lowest BCUT2D eigenvalue weighted by atomic mass is 10.0. The smallest absolute Gasteiger partial charge is 0.337 e. The summed E-state index contributed by atoms with van der Waals surface area (Å²) in [4.78, 5) is 45.4. The van der Waals surface area contributed by atoms with Crippen molar-refractivity contribution < 1.29 is 14.3 Å². The molecular formula is C27H31N3O4S. The average Bonchev–Trinajstić information content (AvgIpc) is 2.87. The summed E-state index contributed by atoms with van der Waals surface area (Å²) in [5, 5.41) is 0.515. The first-order valence-electron chi connectivity index (χ1n) is 12.0. The topological polar surface area (TPSA) is 81.5 Å². The van der Waals surface area contributed by atoms with Crippen molar-refractivity contribution in [1.29, 1.82) is 0 Å². The predicted octanol–water partition coefficient (Wildman–Crippen LogP) is 4.16. The minimum atomic E-state index is -0.487. The molecule has 1 aromatic heterocycles. The van der Waals surface area contributed by atoms with Crippen LogP contribution in [0.1, 0.15) is 42.6 Å². The Morgan fingerprint density at radius 1 is 1.20 bits per heavy atom. The minimum Gasteiger partial charge on any atom is -0.465 e. The molecule has 0 unspecified atom stereocenters. The van der Waals surface area contributed by atoms with Gasteiger partial charge in [-0.15, -0.1) is 0 Å². The summed E-state index contributed by atoms with van der Waals surface area (Å²) in [6.07, 6.45) is 2.81. The fraction of sp³-hybridized carbons (Fsp3) is 0.407. The zero-order valence-electron chi connectivity index (χ0n) is 20.4. The first kappa shape index (κ1) is 25.0. The molecule has 184 valence electrons. The summed E-state index contributed by atoms with van der Waals surface area (Å²) in [7, 11) is 1.32. The van der Waals surface area contributed by atoms with E-state index in [2.05, 4.69) is 6.92 Å². The largest absolute Gasteiger partial charge is 0.465 e. The van der Waals surface area contributed by atoms with Crippen molar-refractivity contribution in [3.8, 4) is 0 Å². The molecule has 0 radical (unpaired) electrons. The van der Waals surface area contributed by atoms with Crippen LogP contribution < -0.4 is 5.56 Å². The SMILES string of the molecule is COC(=O)c1ccc2c(=O)n(CCc3ccccc3)c(S[C@@H](C)C(=O)N3CCC[C@@H](C)C3)nc2c1. The van der Waals surface area contributed by atoms with Crippen LogP contribution in [0.25, 0.3) is 10.9 Å². The molecule has 2 aromatic carbocycles. The van der Waals surface area contributed by atoms with E-state index in [1.807, 2.05) is 42.2 Å². The van der Waals surface area contributed by atoms with Crippen LogP contribution in [0.5, 0.6) is 0 Å². The van der Waals surface area contributed by atoms with Crippen LogP contribution in [-0.4, -0.2) is 51.8 Å². The van der Waals surface area contributed by atoms with Gasteiger partial charge in [-0.1, -0.05) is 49.0 Å². The van der Waals surface area contributed by atoms with Gasteiger partial charge in [-0.2, -0.15) is 0 Å². The highest BCUT2D eigenvalue weighted by Gasteiger charge is 2.27. The lowest BCUT2D eigenvalue weighted by Crippen LogP contribution is -2.43. The number of aryl methyl sites for hydroxylation is 1. The summed E-state index contributed by atoms with van der Waals surface area (Å²) >= 11 is 1.30. The molecule has 2 heterocycles. The average molecular weight is 494 g/mol. The highest BCUT2D eigenvalue weighted by molar-refractivity contribution is 8.00. The quantitative estimate of drug-likeness (QED) is 0.279. The van der Waals surface area contributed by atoms with Gasteiger partial charge in [0.05, 0.1) is 28.8 Å². The lowest BCUT2D eigenvalue weighted by molar-refractivity contribution is -0.132. The Balaban J connectivity index is 1.69. The number of aromatic nitrogens is 2. The van der Waals surface area contributed by atoms with E-state index in [1.54, 1.807) is 22.8 Å². The molecule has 1 fully saturated rings.